The van der Waals surface area contributed by atoms with Crippen LogP contribution in [0.15, 0.2) is 54.7 Å². The Morgan fingerprint density at radius 2 is 1.60 bits per heavy atom. The summed E-state index contributed by atoms with van der Waals surface area (Å²) >= 11 is 0. The Morgan fingerprint density at radius 3 is 2.17 bits per heavy atom. The predicted molar refractivity (Wildman–Crippen MR) is 106 cm³/mol. The summed E-state index contributed by atoms with van der Waals surface area (Å²) in [7, 11) is 3.70. The van der Waals surface area contributed by atoms with E-state index in [4.69, 9.17) is 14.2 Å². The van der Waals surface area contributed by atoms with Gasteiger partial charge in [-0.25, -0.2) is 0 Å². The molecule has 2 aromatic rings. The first-order valence-electron chi connectivity index (χ1n) is 9.45. The number of carbonyl (C=O) groups excluding carboxylic acids is 3. The molecule has 4 atom stereocenters. The molecule has 1 aliphatic rings. The fourth-order valence-corrected chi connectivity index (χ4v) is 4.18. The third kappa shape index (κ3) is 3.78. The number of pyridine rings is 1. The van der Waals surface area contributed by atoms with Crippen LogP contribution < -0.4 is 5.32 Å². The summed E-state index contributed by atoms with van der Waals surface area (Å²) in [6, 6.07) is 13.6. The van der Waals surface area contributed by atoms with Crippen LogP contribution in [0.5, 0.6) is 0 Å². The monoisotopic (exact) mass is 412 g/mol. The second kappa shape index (κ2) is 9.04. The minimum absolute atomic E-state index is 0.108. The number of hydrogen-bond acceptors (Lipinski definition) is 8. The molecule has 0 radical (unpaired) electrons. The highest BCUT2D eigenvalue weighted by Gasteiger charge is 2.65. The van der Waals surface area contributed by atoms with E-state index in [9.17, 15) is 14.4 Å². The van der Waals surface area contributed by atoms with Crippen LogP contribution in [0.2, 0.25) is 0 Å². The average molecular weight is 412 g/mol. The zero-order chi connectivity index (χ0) is 21.7. The standard InChI is InChI=1S/C22H24N2O6/c1-28-19(25)16-17(20(26)29-2)22(21(27)30-3,13-14-9-5-4-6-10-14)24-18(16)15-11-7-8-12-23-15/h4-12,16-18,24H,13H2,1-3H3/t16-,17+,18+,22+/m0/s1. The number of rotatable bonds is 6. The molecule has 0 aliphatic carbocycles. The SMILES string of the molecule is COC(=O)[C@@H]1[C@@H](c2ccccn2)N[C@@](Cc2ccccc2)(C(=O)OC)[C@H]1C(=O)OC. The van der Waals surface area contributed by atoms with E-state index in [0.29, 0.717) is 5.69 Å². The van der Waals surface area contributed by atoms with Gasteiger partial charge in [0.05, 0.1) is 39.0 Å². The second-order valence-corrected chi connectivity index (χ2v) is 7.05. The fourth-order valence-electron chi connectivity index (χ4n) is 4.18. The van der Waals surface area contributed by atoms with E-state index in [1.54, 1.807) is 24.4 Å². The van der Waals surface area contributed by atoms with Crippen molar-refractivity contribution >= 4 is 17.9 Å². The lowest BCUT2D eigenvalue weighted by molar-refractivity contribution is -0.164. The molecule has 1 aromatic heterocycles. The maximum Gasteiger partial charge on any atom is 0.327 e. The lowest BCUT2D eigenvalue weighted by atomic mass is 9.75. The first kappa shape index (κ1) is 21.4. The van der Waals surface area contributed by atoms with E-state index in [0.717, 1.165) is 5.56 Å². The number of ether oxygens (including phenoxy) is 3. The Kier molecular flexibility index (Phi) is 6.47. The number of nitrogens with one attached hydrogen (secondary N) is 1. The van der Waals surface area contributed by atoms with Gasteiger partial charge < -0.3 is 14.2 Å². The lowest BCUT2D eigenvalue weighted by Gasteiger charge is -2.32. The summed E-state index contributed by atoms with van der Waals surface area (Å²) in [4.78, 5) is 43.2. The van der Waals surface area contributed by atoms with Crippen molar-refractivity contribution < 1.29 is 28.6 Å². The molecule has 2 heterocycles. The number of aromatic nitrogens is 1. The van der Waals surface area contributed by atoms with Gasteiger partial charge in [0.15, 0.2) is 0 Å². The van der Waals surface area contributed by atoms with Gasteiger partial charge >= 0.3 is 17.9 Å². The molecule has 1 saturated heterocycles. The quantitative estimate of drug-likeness (QED) is 0.562. The van der Waals surface area contributed by atoms with Gasteiger partial charge in [0.1, 0.15) is 11.5 Å². The highest BCUT2D eigenvalue weighted by Crippen LogP contribution is 2.46. The van der Waals surface area contributed by atoms with E-state index in [2.05, 4.69) is 10.3 Å². The molecular weight excluding hydrogens is 388 g/mol. The first-order valence-corrected chi connectivity index (χ1v) is 9.45. The van der Waals surface area contributed by atoms with Crippen LogP contribution >= 0.6 is 0 Å². The summed E-state index contributed by atoms with van der Waals surface area (Å²) in [6.07, 6.45) is 1.69. The van der Waals surface area contributed by atoms with E-state index in [-0.39, 0.29) is 6.42 Å². The van der Waals surface area contributed by atoms with Crippen molar-refractivity contribution in [2.45, 2.75) is 18.0 Å². The molecule has 1 aliphatic heterocycles. The topological polar surface area (TPSA) is 104 Å². The maximum atomic E-state index is 13.1. The van der Waals surface area contributed by atoms with Crippen LogP contribution in [0, 0.1) is 11.8 Å². The minimum atomic E-state index is -1.55. The molecule has 30 heavy (non-hydrogen) atoms. The van der Waals surface area contributed by atoms with Crippen LogP contribution in [0.25, 0.3) is 0 Å². The Balaban J connectivity index is 2.20. The van der Waals surface area contributed by atoms with Gasteiger partial charge in [-0.3, -0.25) is 24.7 Å². The summed E-state index contributed by atoms with van der Waals surface area (Å²) in [5, 5.41) is 3.21. The van der Waals surface area contributed by atoms with Gasteiger partial charge in [0.2, 0.25) is 0 Å². The average Bonchev–Trinajstić information content (AvgIpc) is 3.14. The van der Waals surface area contributed by atoms with Crippen molar-refractivity contribution in [1.82, 2.24) is 10.3 Å². The molecule has 158 valence electrons. The summed E-state index contributed by atoms with van der Waals surface area (Å²) in [5.41, 5.74) is -0.264. The minimum Gasteiger partial charge on any atom is -0.469 e. The van der Waals surface area contributed by atoms with Gasteiger partial charge in [0, 0.05) is 12.6 Å². The molecule has 0 unspecified atom stereocenters. The van der Waals surface area contributed by atoms with Crippen molar-refractivity contribution in [2.24, 2.45) is 11.8 Å². The smallest absolute Gasteiger partial charge is 0.327 e. The Labute approximate surface area is 174 Å². The Hall–Kier alpha value is -3.26. The molecule has 1 aromatic carbocycles. The lowest BCUT2D eigenvalue weighted by Crippen LogP contribution is -2.57. The number of benzene rings is 1. The Morgan fingerprint density at radius 1 is 0.933 bits per heavy atom. The second-order valence-electron chi connectivity index (χ2n) is 7.05. The molecule has 8 heteroatoms. The number of esters is 3. The molecule has 0 saturated carbocycles. The van der Waals surface area contributed by atoms with Gasteiger partial charge in [0.25, 0.3) is 0 Å². The summed E-state index contributed by atoms with van der Waals surface area (Å²) < 4.78 is 15.1. The van der Waals surface area contributed by atoms with E-state index >= 15 is 0 Å². The van der Waals surface area contributed by atoms with Gasteiger partial charge in [-0.1, -0.05) is 36.4 Å². The van der Waals surface area contributed by atoms with Crippen LogP contribution in [-0.2, 0) is 35.0 Å². The zero-order valence-electron chi connectivity index (χ0n) is 17.0. The van der Waals surface area contributed by atoms with E-state index in [1.165, 1.54) is 21.3 Å². The molecule has 3 rings (SSSR count). The van der Waals surface area contributed by atoms with E-state index < -0.39 is 41.3 Å². The van der Waals surface area contributed by atoms with E-state index in [1.807, 2.05) is 30.3 Å². The van der Waals surface area contributed by atoms with Crippen molar-refractivity contribution in [2.75, 3.05) is 21.3 Å². The Bertz CT molecular complexity index is 904. The molecule has 1 N–H and O–H groups in total. The number of hydrogen-bond donors (Lipinski definition) is 1. The van der Waals surface area contributed by atoms with Crippen LogP contribution in [-0.4, -0.2) is 49.8 Å². The van der Waals surface area contributed by atoms with Gasteiger partial charge in [-0.05, 0) is 17.7 Å². The third-order valence-electron chi connectivity index (χ3n) is 5.47. The largest absolute Gasteiger partial charge is 0.469 e. The third-order valence-corrected chi connectivity index (χ3v) is 5.47. The number of nitrogens with zero attached hydrogens (tertiary/aromatic N) is 1. The molecule has 1 fully saturated rings. The highest BCUT2D eigenvalue weighted by atomic mass is 16.5. The van der Waals surface area contributed by atoms with Crippen LogP contribution in [0.1, 0.15) is 17.3 Å². The molecule has 0 bridgehead atoms. The molecule has 8 nitrogen and oxygen atoms in total. The highest BCUT2D eigenvalue weighted by molar-refractivity contribution is 5.94. The normalized spacial score (nSPS) is 25.4. The molecule has 0 amide bonds. The van der Waals surface area contributed by atoms with Crippen LogP contribution in [0.4, 0.5) is 0 Å². The fraction of sp³-hybridized carbons (Fsp3) is 0.364. The zero-order valence-corrected chi connectivity index (χ0v) is 17.0. The van der Waals surface area contributed by atoms with Gasteiger partial charge in [-0.2, -0.15) is 0 Å². The van der Waals surface area contributed by atoms with Crippen molar-refractivity contribution in [3.63, 3.8) is 0 Å². The first-order chi connectivity index (χ1) is 14.5. The van der Waals surface area contributed by atoms with Crippen molar-refractivity contribution in [3.05, 3.63) is 66.0 Å². The van der Waals surface area contributed by atoms with Crippen molar-refractivity contribution in [1.29, 1.82) is 0 Å². The number of carbonyl (C=O) groups is 3. The molecular formula is C22H24N2O6. The predicted octanol–water partition coefficient (Wildman–Crippen LogP) is 1.46. The van der Waals surface area contributed by atoms with Gasteiger partial charge in [-0.15, -0.1) is 0 Å². The van der Waals surface area contributed by atoms with Crippen molar-refractivity contribution in [3.8, 4) is 0 Å². The summed E-state index contributed by atoms with van der Waals surface area (Å²) in [5.74, 6) is -4.26. The van der Waals surface area contributed by atoms with Crippen LogP contribution in [0.3, 0.4) is 0 Å². The summed E-state index contributed by atoms with van der Waals surface area (Å²) in [6.45, 7) is 0. The maximum absolute atomic E-state index is 13.1. The number of methoxy groups -OCH3 is 3. The molecule has 0 spiro atoms.